The Kier molecular flexibility index (Phi) is 2.03. The van der Waals surface area contributed by atoms with Gasteiger partial charge >= 0.3 is 0 Å². The number of pyridine rings is 1. The van der Waals surface area contributed by atoms with Crippen molar-refractivity contribution in [1.82, 2.24) is 4.98 Å². The molecule has 0 saturated heterocycles. The molecule has 1 aliphatic heterocycles. The maximum absolute atomic E-state index is 12.7. The summed E-state index contributed by atoms with van der Waals surface area (Å²) in [6.07, 6.45) is 0. The van der Waals surface area contributed by atoms with Crippen LogP contribution in [0.1, 0.15) is 5.69 Å². The van der Waals surface area contributed by atoms with Crippen LogP contribution < -0.4 is 10.2 Å². The number of aromatic amines is 1. The molecule has 0 saturated carbocycles. The molecule has 92 valence electrons. The maximum Gasteiger partial charge on any atom is 0.197 e. The standard InChI is InChI=1S/C16H11NO2/c18-16-10-5-1-3-7-12(10)17-13-9-19-14-8-4-2-6-11(14)15(13)16/h1-8H,9H2,(H,17,18). The molecule has 0 aliphatic carbocycles. The van der Waals surface area contributed by atoms with Gasteiger partial charge in [0.25, 0.3) is 0 Å². The van der Waals surface area contributed by atoms with Crippen LogP contribution >= 0.6 is 0 Å². The number of ether oxygens (including phenoxy) is 1. The first-order valence-electron chi connectivity index (χ1n) is 6.21. The molecule has 0 bridgehead atoms. The average Bonchev–Trinajstić information content (AvgIpc) is 2.47. The zero-order valence-corrected chi connectivity index (χ0v) is 10.1. The molecular formula is C16H11NO2. The second-order valence-corrected chi connectivity index (χ2v) is 4.64. The number of hydrogen-bond donors (Lipinski definition) is 1. The number of fused-ring (bicyclic) bond motifs is 4. The van der Waals surface area contributed by atoms with Gasteiger partial charge in [0.2, 0.25) is 0 Å². The summed E-state index contributed by atoms with van der Waals surface area (Å²) in [5.41, 5.74) is 3.38. The highest BCUT2D eigenvalue weighted by Crippen LogP contribution is 2.35. The van der Waals surface area contributed by atoms with Gasteiger partial charge in [0.05, 0.1) is 11.3 Å². The van der Waals surface area contributed by atoms with Gasteiger partial charge in [-0.05, 0) is 18.2 Å². The van der Waals surface area contributed by atoms with Crippen molar-refractivity contribution in [1.29, 1.82) is 0 Å². The van der Waals surface area contributed by atoms with Crippen LogP contribution in [0.5, 0.6) is 5.75 Å². The topological polar surface area (TPSA) is 42.1 Å². The van der Waals surface area contributed by atoms with Crippen molar-refractivity contribution in [2.45, 2.75) is 6.61 Å². The summed E-state index contributed by atoms with van der Waals surface area (Å²) in [5, 5.41) is 0.720. The summed E-state index contributed by atoms with van der Waals surface area (Å²) in [6.45, 7) is 0.409. The van der Waals surface area contributed by atoms with Crippen LogP contribution in [-0.4, -0.2) is 4.98 Å². The number of benzene rings is 2. The number of rotatable bonds is 0. The third-order valence-electron chi connectivity index (χ3n) is 3.51. The van der Waals surface area contributed by atoms with E-state index in [0.717, 1.165) is 33.5 Å². The quantitative estimate of drug-likeness (QED) is 0.665. The van der Waals surface area contributed by atoms with E-state index in [-0.39, 0.29) is 5.43 Å². The highest BCUT2D eigenvalue weighted by atomic mass is 16.5. The molecular weight excluding hydrogens is 238 g/mol. The molecule has 1 N–H and O–H groups in total. The molecule has 3 aromatic rings. The summed E-state index contributed by atoms with van der Waals surface area (Å²) >= 11 is 0. The number of H-pyrrole nitrogens is 1. The Bertz CT molecular complexity index is 849. The Balaban J connectivity index is 2.16. The highest BCUT2D eigenvalue weighted by molar-refractivity contribution is 5.86. The molecule has 0 unspecified atom stereocenters. The molecule has 1 aromatic heterocycles. The number of aromatic nitrogens is 1. The minimum Gasteiger partial charge on any atom is -0.487 e. The lowest BCUT2D eigenvalue weighted by Crippen LogP contribution is -2.17. The monoisotopic (exact) mass is 249 g/mol. The van der Waals surface area contributed by atoms with Gasteiger partial charge in [-0.3, -0.25) is 4.79 Å². The predicted molar refractivity (Wildman–Crippen MR) is 74.3 cm³/mol. The van der Waals surface area contributed by atoms with Gasteiger partial charge in [0.15, 0.2) is 5.43 Å². The van der Waals surface area contributed by atoms with Crippen LogP contribution in [0.15, 0.2) is 53.3 Å². The second kappa shape index (κ2) is 3.72. The Morgan fingerprint density at radius 2 is 1.79 bits per heavy atom. The van der Waals surface area contributed by atoms with Crippen LogP contribution in [0.3, 0.4) is 0 Å². The van der Waals surface area contributed by atoms with Crippen LogP contribution in [-0.2, 0) is 6.61 Å². The molecule has 3 heteroatoms. The first-order chi connectivity index (χ1) is 9.34. The van der Waals surface area contributed by atoms with Crippen LogP contribution in [0, 0.1) is 0 Å². The van der Waals surface area contributed by atoms with Crippen LogP contribution in [0.25, 0.3) is 22.0 Å². The maximum atomic E-state index is 12.7. The van der Waals surface area contributed by atoms with Crippen molar-refractivity contribution >= 4 is 10.9 Å². The lowest BCUT2D eigenvalue weighted by atomic mass is 9.98. The molecule has 0 radical (unpaired) electrons. The van der Waals surface area contributed by atoms with Crippen molar-refractivity contribution < 1.29 is 4.74 Å². The fraction of sp³-hybridized carbons (Fsp3) is 0.0625. The first-order valence-corrected chi connectivity index (χ1v) is 6.21. The molecule has 4 rings (SSSR count). The largest absolute Gasteiger partial charge is 0.487 e. The van der Waals surface area contributed by atoms with Gasteiger partial charge in [-0.15, -0.1) is 0 Å². The summed E-state index contributed by atoms with van der Waals surface area (Å²) in [4.78, 5) is 16.0. The number of hydrogen-bond acceptors (Lipinski definition) is 2. The molecule has 1 aliphatic rings. The van der Waals surface area contributed by atoms with Gasteiger partial charge < -0.3 is 9.72 Å². The van der Waals surface area contributed by atoms with Gasteiger partial charge in [-0.25, -0.2) is 0 Å². The smallest absolute Gasteiger partial charge is 0.197 e. The van der Waals surface area contributed by atoms with E-state index in [4.69, 9.17) is 4.74 Å². The zero-order chi connectivity index (χ0) is 12.8. The van der Waals surface area contributed by atoms with E-state index in [1.165, 1.54) is 0 Å². The van der Waals surface area contributed by atoms with E-state index >= 15 is 0 Å². The van der Waals surface area contributed by atoms with E-state index in [1.54, 1.807) is 0 Å². The minimum atomic E-state index is 0.0695. The van der Waals surface area contributed by atoms with E-state index in [1.807, 2.05) is 48.5 Å². The first kappa shape index (κ1) is 10.4. The normalized spacial score (nSPS) is 12.6. The van der Waals surface area contributed by atoms with E-state index in [2.05, 4.69) is 4.98 Å². The van der Waals surface area contributed by atoms with Crippen molar-refractivity contribution in [3.05, 3.63) is 64.4 Å². The summed E-state index contributed by atoms with van der Waals surface area (Å²) in [7, 11) is 0. The number of nitrogens with one attached hydrogen (secondary N) is 1. The second-order valence-electron chi connectivity index (χ2n) is 4.64. The summed E-state index contributed by atoms with van der Waals surface area (Å²) in [6, 6.07) is 15.2. The third-order valence-corrected chi connectivity index (χ3v) is 3.51. The fourth-order valence-electron chi connectivity index (χ4n) is 2.63. The van der Waals surface area contributed by atoms with E-state index in [9.17, 15) is 4.79 Å². The van der Waals surface area contributed by atoms with Gasteiger partial charge in [0, 0.05) is 16.5 Å². The number of para-hydroxylation sites is 2. The lowest BCUT2D eigenvalue weighted by molar-refractivity contribution is 0.297. The summed E-state index contributed by atoms with van der Waals surface area (Å²) < 4.78 is 5.68. The molecule has 3 nitrogen and oxygen atoms in total. The summed E-state index contributed by atoms with van der Waals surface area (Å²) in [5.74, 6) is 0.774. The minimum absolute atomic E-state index is 0.0695. The molecule has 0 spiro atoms. The van der Waals surface area contributed by atoms with Gasteiger partial charge in [-0.1, -0.05) is 30.3 Å². The van der Waals surface area contributed by atoms with Crippen LogP contribution in [0.4, 0.5) is 0 Å². The lowest BCUT2D eigenvalue weighted by Gasteiger charge is -2.20. The molecule has 0 amide bonds. The highest BCUT2D eigenvalue weighted by Gasteiger charge is 2.21. The molecule has 2 heterocycles. The van der Waals surface area contributed by atoms with Crippen molar-refractivity contribution in [3.63, 3.8) is 0 Å². The Morgan fingerprint density at radius 3 is 2.74 bits per heavy atom. The van der Waals surface area contributed by atoms with Crippen molar-refractivity contribution in [3.8, 4) is 16.9 Å². The molecule has 0 atom stereocenters. The van der Waals surface area contributed by atoms with E-state index in [0.29, 0.717) is 6.61 Å². The third kappa shape index (κ3) is 1.41. The Labute approximate surface area is 109 Å². The zero-order valence-electron chi connectivity index (χ0n) is 10.1. The van der Waals surface area contributed by atoms with Crippen molar-refractivity contribution in [2.24, 2.45) is 0 Å². The molecule has 19 heavy (non-hydrogen) atoms. The Morgan fingerprint density at radius 1 is 1.00 bits per heavy atom. The Hall–Kier alpha value is -2.55. The van der Waals surface area contributed by atoms with E-state index < -0.39 is 0 Å². The SMILES string of the molecule is O=c1c2c([nH]c3ccccc13)COc1ccccc1-2. The predicted octanol–water partition coefficient (Wildman–Crippen LogP) is 3.09. The molecule has 0 fully saturated rings. The van der Waals surface area contributed by atoms with Crippen molar-refractivity contribution in [2.75, 3.05) is 0 Å². The average molecular weight is 249 g/mol. The van der Waals surface area contributed by atoms with Gasteiger partial charge in [-0.2, -0.15) is 0 Å². The fourth-order valence-corrected chi connectivity index (χ4v) is 2.63. The van der Waals surface area contributed by atoms with Crippen LogP contribution in [0.2, 0.25) is 0 Å². The van der Waals surface area contributed by atoms with Gasteiger partial charge in [0.1, 0.15) is 12.4 Å². The molecule has 2 aromatic carbocycles.